The summed E-state index contributed by atoms with van der Waals surface area (Å²) in [4.78, 5) is 0. The number of benzene rings is 2. The fourth-order valence-electron chi connectivity index (χ4n) is 2.75. The van der Waals surface area contributed by atoms with Gasteiger partial charge in [0.2, 0.25) is 0 Å². The van der Waals surface area contributed by atoms with Crippen LogP contribution in [0.25, 0.3) is 10.8 Å². The van der Waals surface area contributed by atoms with Crippen molar-refractivity contribution in [2.75, 3.05) is 20.6 Å². The Bertz CT molecular complexity index is 506. The third-order valence-electron chi connectivity index (χ3n) is 3.24. The molecule has 0 fully saturated rings. The largest absolute Gasteiger partial charge is 0.295 e. The smallest absolute Gasteiger partial charge is 0.140 e. The molecule has 0 atom stereocenters. The summed E-state index contributed by atoms with van der Waals surface area (Å²) < 4.78 is 0.943. The molecule has 0 radical (unpaired) electrons. The molecule has 0 N–H and O–H groups in total. The van der Waals surface area contributed by atoms with Crippen molar-refractivity contribution in [2.24, 2.45) is 5.92 Å². The summed E-state index contributed by atoms with van der Waals surface area (Å²) in [7, 11) is 4.59. The van der Waals surface area contributed by atoms with Crippen molar-refractivity contribution in [3.63, 3.8) is 0 Å². The Balaban J connectivity index is 2.55. The van der Waals surface area contributed by atoms with Crippen molar-refractivity contribution in [3.05, 3.63) is 42.5 Å². The fourth-order valence-corrected chi connectivity index (χ4v) is 2.75. The summed E-state index contributed by atoms with van der Waals surface area (Å²) >= 11 is 0. The number of rotatable bonds is 3. The van der Waals surface area contributed by atoms with E-state index in [4.69, 9.17) is 0 Å². The van der Waals surface area contributed by atoms with Crippen molar-refractivity contribution in [1.82, 2.24) is 4.48 Å². The summed E-state index contributed by atoms with van der Waals surface area (Å²) in [5, 5.41) is 2.71. The average molecular weight is 228 g/mol. The Morgan fingerprint density at radius 1 is 0.941 bits per heavy atom. The molecular weight excluding hydrogens is 206 g/mol. The van der Waals surface area contributed by atoms with E-state index in [1.165, 1.54) is 16.5 Å². The van der Waals surface area contributed by atoms with Gasteiger partial charge >= 0.3 is 0 Å². The lowest BCUT2D eigenvalue weighted by molar-refractivity contribution is 0.350. The molecule has 1 heteroatoms. The molecule has 0 saturated heterocycles. The van der Waals surface area contributed by atoms with E-state index in [1.54, 1.807) is 0 Å². The standard InChI is InChI=1S/C16H22N/c1-13(2)12-17(3,4)16-11-7-9-14-8-5-6-10-15(14)16/h5-11,13H,12H2,1-4H3/q+1. The molecule has 17 heavy (non-hydrogen) atoms. The van der Waals surface area contributed by atoms with Crippen LogP contribution in [0.4, 0.5) is 5.69 Å². The minimum absolute atomic E-state index is 0.698. The summed E-state index contributed by atoms with van der Waals surface area (Å²) in [6, 6.07) is 15.3. The molecule has 2 rings (SSSR count). The van der Waals surface area contributed by atoms with Gasteiger partial charge in [-0.05, 0) is 17.5 Å². The molecule has 0 aliphatic carbocycles. The van der Waals surface area contributed by atoms with E-state index in [2.05, 4.69) is 70.4 Å². The van der Waals surface area contributed by atoms with Crippen molar-refractivity contribution in [2.45, 2.75) is 13.8 Å². The van der Waals surface area contributed by atoms with E-state index >= 15 is 0 Å². The Labute approximate surface area is 104 Å². The molecule has 0 aliphatic rings. The van der Waals surface area contributed by atoms with Crippen molar-refractivity contribution >= 4 is 16.5 Å². The molecule has 0 spiro atoms. The SMILES string of the molecule is CC(C)C[N+](C)(C)c1cccc2ccccc12. The zero-order valence-electron chi connectivity index (χ0n) is 11.3. The first kappa shape index (κ1) is 12.1. The van der Waals surface area contributed by atoms with Crippen molar-refractivity contribution in [1.29, 1.82) is 0 Å². The lowest BCUT2D eigenvalue weighted by Crippen LogP contribution is -2.43. The second-order valence-electron chi connectivity index (χ2n) is 5.76. The molecule has 0 amide bonds. The van der Waals surface area contributed by atoms with Crippen LogP contribution in [0, 0.1) is 5.92 Å². The maximum Gasteiger partial charge on any atom is 0.140 e. The summed E-state index contributed by atoms with van der Waals surface area (Å²) in [5.74, 6) is 0.698. The topological polar surface area (TPSA) is 0 Å². The molecule has 0 aliphatic heterocycles. The minimum atomic E-state index is 0.698. The summed E-state index contributed by atoms with van der Waals surface area (Å²) in [5.41, 5.74) is 1.41. The highest BCUT2D eigenvalue weighted by atomic mass is 15.3. The van der Waals surface area contributed by atoms with E-state index < -0.39 is 0 Å². The Morgan fingerprint density at radius 3 is 2.29 bits per heavy atom. The molecule has 0 saturated carbocycles. The predicted molar refractivity (Wildman–Crippen MR) is 77.3 cm³/mol. The number of fused-ring (bicyclic) bond motifs is 1. The highest BCUT2D eigenvalue weighted by Crippen LogP contribution is 2.30. The van der Waals surface area contributed by atoms with Crippen LogP contribution in [0.3, 0.4) is 0 Å². The number of hydrogen-bond acceptors (Lipinski definition) is 0. The van der Waals surface area contributed by atoms with Gasteiger partial charge in [-0.2, -0.15) is 0 Å². The van der Waals surface area contributed by atoms with Crippen LogP contribution >= 0.6 is 0 Å². The highest BCUT2D eigenvalue weighted by Gasteiger charge is 2.22. The van der Waals surface area contributed by atoms with Gasteiger partial charge in [0.05, 0.1) is 20.6 Å². The van der Waals surface area contributed by atoms with Gasteiger partial charge < -0.3 is 0 Å². The third-order valence-corrected chi connectivity index (χ3v) is 3.24. The van der Waals surface area contributed by atoms with E-state index in [0.29, 0.717) is 5.92 Å². The highest BCUT2D eigenvalue weighted by molar-refractivity contribution is 5.93. The van der Waals surface area contributed by atoms with E-state index in [1.807, 2.05) is 0 Å². The number of nitrogens with zero attached hydrogens (tertiary/aromatic N) is 1. The molecule has 0 unspecified atom stereocenters. The van der Waals surface area contributed by atoms with Gasteiger partial charge in [0.15, 0.2) is 0 Å². The van der Waals surface area contributed by atoms with Gasteiger partial charge in [0, 0.05) is 11.3 Å². The van der Waals surface area contributed by atoms with E-state index in [-0.39, 0.29) is 0 Å². The maximum absolute atomic E-state index is 2.29. The molecule has 0 heterocycles. The second-order valence-corrected chi connectivity index (χ2v) is 5.76. The number of hydrogen-bond donors (Lipinski definition) is 0. The van der Waals surface area contributed by atoms with Gasteiger partial charge in [-0.25, -0.2) is 0 Å². The Morgan fingerprint density at radius 2 is 1.59 bits per heavy atom. The van der Waals surface area contributed by atoms with E-state index in [9.17, 15) is 0 Å². The molecule has 2 aromatic rings. The lowest BCUT2D eigenvalue weighted by atomic mass is 10.1. The first-order valence-electron chi connectivity index (χ1n) is 6.32. The van der Waals surface area contributed by atoms with Gasteiger partial charge in [0.1, 0.15) is 5.69 Å². The zero-order valence-corrected chi connectivity index (χ0v) is 11.3. The van der Waals surface area contributed by atoms with Gasteiger partial charge in [-0.3, -0.25) is 4.48 Å². The first-order chi connectivity index (χ1) is 8.00. The normalized spacial score (nSPS) is 12.3. The van der Waals surface area contributed by atoms with Crippen LogP contribution in [-0.2, 0) is 0 Å². The van der Waals surface area contributed by atoms with Crippen LogP contribution < -0.4 is 4.48 Å². The molecule has 0 aromatic heterocycles. The van der Waals surface area contributed by atoms with Crippen LogP contribution in [0.5, 0.6) is 0 Å². The van der Waals surface area contributed by atoms with Crippen molar-refractivity contribution in [3.8, 4) is 0 Å². The molecule has 90 valence electrons. The van der Waals surface area contributed by atoms with Crippen LogP contribution in [0.1, 0.15) is 13.8 Å². The van der Waals surface area contributed by atoms with Crippen LogP contribution in [0.2, 0.25) is 0 Å². The Hall–Kier alpha value is -1.34. The van der Waals surface area contributed by atoms with Gasteiger partial charge in [-0.15, -0.1) is 0 Å². The maximum atomic E-state index is 2.29. The fraction of sp³-hybridized carbons (Fsp3) is 0.375. The minimum Gasteiger partial charge on any atom is -0.295 e. The lowest BCUT2D eigenvalue weighted by Gasteiger charge is -2.32. The average Bonchev–Trinajstić information content (AvgIpc) is 2.26. The first-order valence-corrected chi connectivity index (χ1v) is 6.32. The predicted octanol–water partition coefficient (Wildman–Crippen LogP) is 4.06. The molecule has 1 nitrogen and oxygen atoms in total. The Kier molecular flexibility index (Phi) is 3.21. The zero-order chi connectivity index (χ0) is 12.5. The quantitative estimate of drug-likeness (QED) is 0.695. The molecule has 0 bridgehead atoms. The van der Waals surface area contributed by atoms with Crippen LogP contribution in [-0.4, -0.2) is 20.6 Å². The van der Waals surface area contributed by atoms with Gasteiger partial charge in [0.25, 0.3) is 0 Å². The third kappa shape index (κ3) is 2.50. The molecule has 2 aromatic carbocycles. The number of quaternary nitrogens is 1. The summed E-state index contributed by atoms with van der Waals surface area (Å²) in [6.07, 6.45) is 0. The van der Waals surface area contributed by atoms with Crippen molar-refractivity contribution < 1.29 is 0 Å². The summed E-state index contributed by atoms with van der Waals surface area (Å²) in [6.45, 7) is 5.73. The monoisotopic (exact) mass is 228 g/mol. The van der Waals surface area contributed by atoms with E-state index in [0.717, 1.165) is 11.0 Å². The van der Waals surface area contributed by atoms with Gasteiger partial charge in [-0.1, -0.05) is 44.2 Å². The molecular formula is C16H22N+. The van der Waals surface area contributed by atoms with Crippen LogP contribution in [0.15, 0.2) is 42.5 Å². The second kappa shape index (κ2) is 4.50.